The lowest BCUT2D eigenvalue weighted by molar-refractivity contribution is -0.161. The molecule has 5 unspecified atom stereocenters. The van der Waals surface area contributed by atoms with E-state index in [2.05, 4.69) is 64.2 Å². The summed E-state index contributed by atoms with van der Waals surface area (Å²) < 4.78 is 68.6. The minimum atomic E-state index is -4.97. The summed E-state index contributed by atoms with van der Waals surface area (Å²) in [4.78, 5) is 72.9. The molecule has 0 bridgehead atoms. The van der Waals surface area contributed by atoms with E-state index in [0.29, 0.717) is 25.7 Å². The van der Waals surface area contributed by atoms with Crippen molar-refractivity contribution in [1.29, 1.82) is 0 Å². The highest BCUT2D eigenvalue weighted by atomic mass is 31.2. The van der Waals surface area contributed by atoms with Crippen LogP contribution in [0.5, 0.6) is 0 Å². The monoisotopic (exact) mass is 1430 g/mol. The van der Waals surface area contributed by atoms with Crippen LogP contribution in [0.1, 0.15) is 387 Å². The van der Waals surface area contributed by atoms with E-state index in [1.54, 1.807) is 0 Å². The lowest BCUT2D eigenvalue weighted by Gasteiger charge is -2.21. The first kappa shape index (κ1) is 95.3. The summed E-state index contributed by atoms with van der Waals surface area (Å²) in [5, 5.41) is 10.6. The zero-order chi connectivity index (χ0) is 71.8. The maximum Gasteiger partial charge on any atom is 0.472 e. The summed E-state index contributed by atoms with van der Waals surface area (Å²) in [6, 6.07) is 0. The van der Waals surface area contributed by atoms with Gasteiger partial charge in [-0.05, 0) is 77.0 Å². The average Bonchev–Trinajstić information content (AvgIpc) is 1.07. The van der Waals surface area contributed by atoms with Crippen molar-refractivity contribution in [1.82, 2.24) is 0 Å². The van der Waals surface area contributed by atoms with Gasteiger partial charge in [0, 0.05) is 25.7 Å². The van der Waals surface area contributed by atoms with E-state index in [9.17, 15) is 43.2 Å². The Morgan fingerprint density at radius 3 is 0.806 bits per heavy atom. The summed E-state index contributed by atoms with van der Waals surface area (Å²) in [5.41, 5.74) is 0. The largest absolute Gasteiger partial charge is 0.472 e. The molecule has 3 N–H and O–H groups in total. The average molecular weight is 1430 g/mol. The van der Waals surface area contributed by atoms with Crippen LogP contribution in [0.4, 0.5) is 0 Å². The third-order valence-electron chi connectivity index (χ3n) is 17.6. The van der Waals surface area contributed by atoms with Gasteiger partial charge in [-0.25, -0.2) is 9.13 Å². The maximum absolute atomic E-state index is 13.1. The van der Waals surface area contributed by atoms with Gasteiger partial charge in [-0.2, -0.15) is 0 Å². The zero-order valence-electron chi connectivity index (χ0n) is 63.0. The molecule has 0 heterocycles. The lowest BCUT2D eigenvalue weighted by Crippen LogP contribution is -2.30. The van der Waals surface area contributed by atoms with E-state index in [1.807, 2.05) is 0 Å². The summed E-state index contributed by atoms with van der Waals surface area (Å²) in [6.45, 7) is 4.88. The highest BCUT2D eigenvalue weighted by Gasteiger charge is 2.30. The van der Waals surface area contributed by atoms with Gasteiger partial charge in [0.25, 0.3) is 0 Å². The fourth-order valence-electron chi connectivity index (χ4n) is 11.4. The number of esters is 4. The molecule has 0 saturated heterocycles. The van der Waals surface area contributed by atoms with Gasteiger partial charge < -0.3 is 33.8 Å². The first-order valence-corrected chi connectivity index (χ1v) is 43.2. The molecule has 0 saturated carbocycles. The van der Waals surface area contributed by atoms with E-state index in [0.717, 1.165) is 135 Å². The Hall–Kier alpha value is -2.72. The fraction of sp³-hybridized carbons (Fsp3) is 0.873. The number of aliphatic hydroxyl groups excluding tert-OH is 1. The number of hydrogen-bond acceptors (Lipinski definition) is 15. The van der Waals surface area contributed by atoms with Gasteiger partial charge in [0.2, 0.25) is 0 Å². The van der Waals surface area contributed by atoms with E-state index in [1.165, 1.54) is 173 Å². The first-order valence-electron chi connectivity index (χ1n) is 40.2. The van der Waals surface area contributed by atoms with Gasteiger partial charge >= 0.3 is 39.5 Å². The molecule has 0 aliphatic heterocycles. The molecular weight excluding hydrogens is 1280 g/mol. The van der Waals surface area contributed by atoms with Gasteiger partial charge in [-0.1, -0.05) is 321 Å². The molecule has 19 heteroatoms. The summed E-state index contributed by atoms with van der Waals surface area (Å²) in [7, 11) is -9.93. The number of hydrogen-bond donors (Lipinski definition) is 3. The van der Waals surface area contributed by atoms with Crippen molar-refractivity contribution in [3.63, 3.8) is 0 Å². The molecule has 0 aliphatic rings. The van der Waals surface area contributed by atoms with Crippen LogP contribution in [0.2, 0.25) is 0 Å². The third kappa shape index (κ3) is 71.7. The Kier molecular flexibility index (Phi) is 70.6. The molecule has 576 valence electrons. The SMILES string of the molecule is CCC/C=C\C/C=C\CCCCCCCC(=O)OC(COC(=O)CCCCCCC/C=C\CCCCCCCC)COP(=O)(O)OCC(O)COP(=O)(O)OCC(COC(=O)CCCCCCCCCCCCCCCCC)OC(=O)CCCCCCCCCCCCCCCCC. The maximum atomic E-state index is 13.1. The minimum absolute atomic E-state index is 0.0831. The smallest absolute Gasteiger partial charge is 0.462 e. The topological polar surface area (TPSA) is 237 Å². The molecular formula is C79H148O17P2. The van der Waals surface area contributed by atoms with Crippen LogP contribution >= 0.6 is 15.6 Å². The number of carbonyl (C=O) groups is 4. The Labute approximate surface area is 598 Å². The predicted molar refractivity (Wildman–Crippen MR) is 400 cm³/mol. The second kappa shape index (κ2) is 72.6. The van der Waals surface area contributed by atoms with Crippen LogP contribution < -0.4 is 0 Å². The molecule has 0 radical (unpaired) electrons. The number of allylic oxidation sites excluding steroid dienone is 6. The molecule has 0 fully saturated rings. The Bertz CT molecular complexity index is 2000. The van der Waals surface area contributed by atoms with E-state index in [-0.39, 0.29) is 25.7 Å². The Balaban J connectivity index is 5.30. The normalized spacial score (nSPS) is 14.1. The summed E-state index contributed by atoms with van der Waals surface area (Å²) in [5.74, 6) is -2.15. The van der Waals surface area contributed by atoms with Gasteiger partial charge in [0.05, 0.1) is 26.4 Å². The van der Waals surface area contributed by atoms with Crippen molar-refractivity contribution >= 4 is 39.5 Å². The van der Waals surface area contributed by atoms with Crippen LogP contribution in [0, 0.1) is 0 Å². The number of aliphatic hydroxyl groups is 1. The molecule has 17 nitrogen and oxygen atoms in total. The van der Waals surface area contributed by atoms with Crippen LogP contribution in [0.15, 0.2) is 36.5 Å². The molecule has 0 spiro atoms. The van der Waals surface area contributed by atoms with Gasteiger partial charge in [0.1, 0.15) is 19.3 Å². The minimum Gasteiger partial charge on any atom is -0.462 e. The van der Waals surface area contributed by atoms with Crippen molar-refractivity contribution in [3.05, 3.63) is 36.5 Å². The molecule has 0 aliphatic carbocycles. The van der Waals surface area contributed by atoms with Crippen molar-refractivity contribution in [2.24, 2.45) is 0 Å². The molecule has 0 aromatic carbocycles. The highest BCUT2D eigenvalue weighted by Crippen LogP contribution is 2.45. The van der Waals surface area contributed by atoms with Crippen molar-refractivity contribution in [2.75, 3.05) is 39.6 Å². The van der Waals surface area contributed by atoms with Crippen LogP contribution in [0.25, 0.3) is 0 Å². The van der Waals surface area contributed by atoms with E-state index >= 15 is 0 Å². The molecule has 5 atom stereocenters. The van der Waals surface area contributed by atoms with Crippen molar-refractivity contribution in [2.45, 2.75) is 406 Å². The van der Waals surface area contributed by atoms with E-state index < -0.39 is 97.5 Å². The van der Waals surface area contributed by atoms with Gasteiger partial charge in [0.15, 0.2) is 12.2 Å². The van der Waals surface area contributed by atoms with Crippen LogP contribution in [0.3, 0.4) is 0 Å². The number of phosphoric acid groups is 2. The second-order valence-corrected chi connectivity index (χ2v) is 30.3. The summed E-state index contributed by atoms with van der Waals surface area (Å²) in [6.07, 6.45) is 68.3. The molecule has 0 aromatic rings. The lowest BCUT2D eigenvalue weighted by atomic mass is 10.0. The summed E-state index contributed by atoms with van der Waals surface area (Å²) >= 11 is 0. The Morgan fingerprint density at radius 1 is 0.286 bits per heavy atom. The fourth-order valence-corrected chi connectivity index (χ4v) is 13.0. The highest BCUT2D eigenvalue weighted by molar-refractivity contribution is 7.47. The number of unbranched alkanes of at least 4 members (excludes halogenated alkanes) is 45. The van der Waals surface area contributed by atoms with Gasteiger partial charge in [-0.3, -0.25) is 37.3 Å². The number of rotatable bonds is 77. The zero-order valence-corrected chi connectivity index (χ0v) is 64.8. The molecule has 0 amide bonds. The predicted octanol–water partition coefficient (Wildman–Crippen LogP) is 23.1. The number of ether oxygens (including phenoxy) is 4. The first-order chi connectivity index (χ1) is 47.7. The van der Waals surface area contributed by atoms with Crippen molar-refractivity contribution < 1.29 is 80.2 Å². The third-order valence-corrected chi connectivity index (χ3v) is 19.5. The number of carbonyl (C=O) groups excluding carboxylic acids is 4. The molecule has 98 heavy (non-hydrogen) atoms. The van der Waals surface area contributed by atoms with E-state index in [4.69, 9.17) is 37.0 Å². The molecule has 0 aromatic heterocycles. The van der Waals surface area contributed by atoms with Crippen LogP contribution in [-0.4, -0.2) is 96.7 Å². The second-order valence-electron chi connectivity index (χ2n) is 27.4. The number of phosphoric ester groups is 2. The molecule has 0 rings (SSSR count). The quantitative estimate of drug-likeness (QED) is 0.0169. The van der Waals surface area contributed by atoms with Crippen molar-refractivity contribution in [3.8, 4) is 0 Å². The standard InChI is InChI=1S/C79H148O17P2/c1-5-9-13-17-21-25-29-33-36-40-43-47-51-55-59-63-76(81)89-69-74(95-78(83)65-61-57-53-49-45-39-32-28-24-20-16-12-8-4)71-93-97(85,86)91-67-73(80)68-92-98(87,88)94-72-75(96-79(84)66-62-58-54-50-46-42-38-35-31-27-23-19-15-11-7-3)70-90-77(82)64-60-56-52-48-44-41-37-34-30-26-22-18-14-10-6-2/h16,20,28,32-33,36,73-75,80H,5-15,17-19,21-27,29-31,34-35,37-72H2,1-4H3,(H,85,86)(H,87,88)/b20-16-,32-28-,36-33-. The van der Waals surface area contributed by atoms with Crippen LogP contribution in [-0.2, 0) is 65.4 Å². The van der Waals surface area contributed by atoms with Gasteiger partial charge in [-0.15, -0.1) is 0 Å². The Morgan fingerprint density at radius 2 is 0.520 bits per heavy atom.